The molecule has 0 saturated carbocycles. The molecular weight excluding hydrogens is 282 g/mol. The second-order valence-electron chi connectivity index (χ2n) is 5.11. The third-order valence-corrected chi connectivity index (χ3v) is 3.68. The second kappa shape index (κ2) is 4.85. The van der Waals surface area contributed by atoms with Crippen molar-refractivity contribution >= 4 is 16.7 Å². The van der Waals surface area contributed by atoms with Crippen molar-refractivity contribution in [1.82, 2.24) is 9.97 Å². The third-order valence-electron chi connectivity index (χ3n) is 3.68. The molecule has 0 N–H and O–H groups in total. The van der Waals surface area contributed by atoms with Gasteiger partial charge in [0, 0.05) is 12.1 Å². The van der Waals surface area contributed by atoms with Gasteiger partial charge >= 0.3 is 0 Å². The van der Waals surface area contributed by atoms with Gasteiger partial charge in [-0.15, -0.1) is 0 Å². The van der Waals surface area contributed by atoms with Gasteiger partial charge in [0.15, 0.2) is 0 Å². The van der Waals surface area contributed by atoms with Gasteiger partial charge in [0.2, 0.25) is 0 Å². The van der Waals surface area contributed by atoms with Crippen molar-refractivity contribution in [3.8, 4) is 0 Å². The molecule has 3 aromatic rings. The summed E-state index contributed by atoms with van der Waals surface area (Å²) in [7, 11) is 0. The SMILES string of the molecule is O=[N+]([O-])c1ccc([C@@H]2O[C@H]2c2cnc3ccccc3n2)cc1. The highest BCUT2D eigenvalue weighted by molar-refractivity contribution is 5.73. The van der Waals surface area contributed by atoms with Crippen LogP contribution in [0.4, 0.5) is 5.69 Å². The summed E-state index contributed by atoms with van der Waals surface area (Å²) in [5.41, 5.74) is 3.44. The van der Waals surface area contributed by atoms with Crippen molar-refractivity contribution in [2.75, 3.05) is 0 Å². The zero-order chi connectivity index (χ0) is 15.1. The maximum absolute atomic E-state index is 10.7. The van der Waals surface area contributed by atoms with E-state index in [0.717, 1.165) is 22.3 Å². The van der Waals surface area contributed by atoms with Crippen molar-refractivity contribution in [2.24, 2.45) is 0 Å². The Morgan fingerprint density at radius 3 is 2.45 bits per heavy atom. The van der Waals surface area contributed by atoms with Crippen LogP contribution in [-0.2, 0) is 4.74 Å². The third kappa shape index (κ3) is 2.19. The predicted octanol–water partition coefficient (Wildman–Crippen LogP) is 3.35. The molecule has 0 amide bonds. The summed E-state index contributed by atoms with van der Waals surface area (Å²) in [6.07, 6.45) is 1.47. The lowest BCUT2D eigenvalue weighted by Crippen LogP contribution is -1.93. The van der Waals surface area contributed by atoms with Gasteiger partial charge in [0.05, 0.1) is 27.8 Å². The fourth-order valence-electron chi connectivity index (χ4n) is 2.49. The molecule has 1 aromatic heterocycles. The summed E-state index contributed by atoms with van der Waals surface area (Å²) in [5.74, 6) is 0. The number of hydrogen-bond donors (Lipinski definition) is 0. The van der Waals surface area contributed by atoms with Crippen molar-refractivity contribution in [3.05, 3.63) is 76.1 Å². The first-order valence-corrected chi connectivity index (χ1v) is 6.84. The number of nitrogens with zero attached hydrogens (tertiary/aromatic N) is 3. The Balaban J connectivity index is 1.58. The first-order valence-electron chi connectivity index (χ1n) is 6.84. The highest BCUT2D eigenvalue weighted by Crippen LogP contribution is 2.50. The van der Waals surface area contributed by atoms with E-state index < -0.39 is 4.92 Å². The Kier molecular flexibility index (Phi) is 2.83. The van der Waals surface area contributed by atoms with Crippen LogP contribution in [-0.4, -0.2) is 14.9 Å². The van der Waals surface area contributed by atoms with Crippen LogP contribution in [0.25, 0.3) is 11.0 Å². The molecule has 4 rings (SSSR count). The number of hydrogen-bond acceptors (Lipinski definition) is 5. The lowest BCUT2D eigenvalue weighted by Gasteiger charge is -1.99. The van der Waals surface area contributed by atoms with Crippen LogP contribution in [0, 0.1) is 10.1 Å². The number of fused-ring (bicyclic) bond motifs is 1. The molecule has 0 unspecified atom stereocenters. The summed E-state index contributed by atoms with van der Waals surface area (Å²) in [6, 6.07) is 14.1. The van der Waals surface area contributed by atoms with E-state index in [0.29, 0.717) is 0 Å². The molecule has 0 spiro atoms. The van der Waals surface area contributed by atoms with Gasteiger partial charge in [-0.2, -0.15) is 0 Å². The number of epoxide rings is 1. The normalized spacial score (nSPS) is 20.0. The van der Waals surface area contributed by atoms with Crippen LogP contribution < -0.4 is 0 Å². The molecule has 2 atom stereocenters. The average molecular weight is 293 g/mol. The van der Waals surface area contributed by atoms with Crippen LogP contribution in [0.15, 0.2) is 54.7 Å². The molecule has 1 aliphatic rings. The number of rotatable bonds is 3. The molecule has 108 valence electrons. The molecule has 1 saturated heterocycles. The van der Waals surface area contributed by atoms with Crippen LogP contribution in [0.1, 0.15) is 23.5 Å². The van der Waals surface area contributed by atoms with Crippen molar-refractivity contribution in [1.29, 1.82) is 0 Å². The quantitative estimate of drug-likeness (QED) is 0.420. The number of non-ortho nitro benzene ring substituents is 1. The summed E-state index contributed by atoms with van der Waals surface area (Å²) in [4.78, 5) is 19.2. The van der Waals surface area contributed by atoms with Crippen LogP contribution in [0.2, 0.25) is 0 Å². The summed E-state index contributed by atoms with van der Waals surface area (Å²) >= 11 is 0. The Morgan fingerprint density at radius 1 is 1.00 bits per heavy atom. The monoisotopic (exact) mass is 293 g/mol. The smallest absolute Gasteiger partial charge is 0.269 e. The number of para-hydroxylation sites is 2. The zero-order valence-electron chi connectivity index (χ0n) is 11.4. The van der Waals surface area contributed by atoms with E-state index in [1.165, 1.54) is 12.1 Å². The highest BCUT2D eigenvalue weighted by Gasteiger charge is 2.43. The average Bonchev–Trinajstić information content (AvgIpc) is 3.35. The van der Waals surface area contributed by atoms with E-state index in [1.54, 1.807) is 18.3 Å². The van der Waals surface area contributed by atoms with E-state index in [2.05, 4.69) is 9.97 Å². The topological polar surface area (TPSA) is 81.5 Å². The number of benzene rings is 2. The van der Waals surface area contributed by atoms with Crippen molar-refractivity contribution < 1.29 is 9.66 Å². The maximum Gasteiger partial charge on any atom is 0.269 e. The van der Waals surface area contributed by atoms with Crippen LogP contribution in [0.3, 0.4) is 0 Å². The molecule has 2 aromatic carbocycles. The zero-order valence-corrected chi connectivity index (χ0v) is 11.4. The largest absolute Gasteiger partial charge is 0.358 e. The van der Waals surface area contributed by atoms with Crippen molar-refractivity contribution in [2.45, 2.75) is 12.2 Å². The minimum Gasteiger partial charge on any atom is -0.358 e. The fourth-order valence-corrected chi connectivity index (χ4v) is 2.49. The summed E-state index contributed by atoms with van der Waals surface area (Å²) in [6.45, 7) is 0. The minimum atomic E-state index is -0.413. The Labute approximate surface area is 125 Å². The minimum absolute atomic E-state index is 0.0754. The molecule has 1 aliphatic heterocycles. The first-order chi connectivity index (χ1) is 10.7. The number of nitro groups is 1. The van der Waals surface area contributed by atoms with Gasteiger partial charge in [-0.25, -0.2) is 4.98 Å². The molecule has 1 fully saturated rings. The number of nitro benzene ring substituents is 1. The lowest BCUT2D eigenvalue weighted by atomic mass is 10.1. The summed E-state index contributed by atoms with van der Waals surface area (Å²) < 4.78 is 5.67. The second-order valence-corrected chi connectivity index (χ2v) is 5.11. The molecule has 6 nitrogen and oxygen atoms in total. The van der Waals surface area contributed by atoms with E-state index in [4.69, 9.17) is 4.74 Å². The predicted molar refractivity (Wildman–Crippen MR) is 79.2 cm³/mol. The Hall–Kier alpha value is -2.86. The fraction of sp³-hybridized carbons (Fsp3) is 0.125. The van der Waals surface area contributed by atoms with E-state index in [9.17, 15) is 10.1 Å². The van der Waals surface area contributed by atoms with Gasteiger partial charge in [0.25, 0.3) is 5.69 Å². The first kappa shape index (κ1) is 12.8. The standard InChI is InChI=1S/C16H11N3O3/c20-19(21)11-7-5-10(6-8-11)15-16(22-15)14-9-17-12-3-1-2-4-13(12)18-14/h1-9,15-16H/t15-,16-/m0/s1. The van der Waals surface area contributed by atoms with E-state index in [-0.39, 0.29) is 17.9 Å². The van der Waals surface area contributed by atoms with Gasteiger partial charge in [-0.05, 0) is 29.8 Å². The Morgan fingerprint density at radius 2 is 1.73 bits per heavy atom. The van der Waals surface area contributed by atoms with Gasteiger partial charge in [0.1, 0.15) is 12.2 Å². The molecule has 0 radical (unpaired) electrons. The molecule has 0 bridgehead atoms. The van der Waals surface area contributed by atoms with Gasteiger partial charge < -0.3 is 4.74 Å². The van der Waals surface area contributed by atoms with E-state index in [1.807, 2.05) is 24.3 Å². The van der Waals surface area contributed by atoms with Crippen molar-refractivity contribution in [3.63, 3.8) is 0 Å². The highest BCUT2D eigenvalue weighted by atomic mass is 16.6. The van der Waals surface area contributed by atoms with Crippen LogP contribution >= 0.6 is 0 Å². The molecule has 22 heavy (non-hydrogen) atoms. The molecule has 6 heteroatoms. The molecular formula is C16H11N3O3. The molecule has 2 heterocycles. The number of ether oxygens (including phenoxy) is 1. The maximum atomic E-state index is 10.7. The van der Waals surface area contributed by atoms with E-state index >= 15 is 0 Å². The summed E-state index contributed by atoms with van der Waals surface area (Å²) in [5, 5.41) is 10.7. The number of aromatic nitrogens is 2. The van der Waals surface area contributed by atoms with Crippen LogP contribution in [0.5, 0.6) is 0 Å². The molecule has 0 aliphatic carbocycles. The van der Waals surface area contributed by atoms with Gasteiger partial charge in [-0.1, -0.05) is 12.1 Å². The Bertz CT molecular complexity index is 864. The lowest BCUT2D eigenvalue weighted by molar-refractivity contribution is -0.384. The van der Waals surface area contributed by atoms with Gasteiger partial charge in [-0.3, -0.25) is 15.1 Å².